The number of imidazole rings is 1. The Morgan fingerprint density at radius 1 is 1.48 bits per heavy atom. The number of nitrogens with two attached hydrogens (primary N) is 1. The zero-order valence-corrected chi connectivity index (χ0v) is 14.2. The van der Waals surface area contributed by atoms with Crippen LogP contribution >= 0.6 is 16.6 Å². The Kier molecular flexibility index (Phi) is 4.89. The molecule has 2 aromatic rings. The minimum atomic E-state index is -1.72. The highest BCUT2D eigenvalue weighted by atomic mass is 31.1. The third-order valence-electron chi connectivity index (χ3n) is 3.42. The zero-order chi connectivity index (χ0) is 16.4. The Bertz CT molecular complexity index is 740. The van der Waals surface area contributed by atoms with E-state index in [0.29, 0.717) is 24.3 Å². The van der Waals surface area contributed by atoms with Crippen LogP contribution < -0.4 is 5.73 Å². The monoisotopic (exact) mass is 358 g/mol. The smallest absolute Gasteiger partial charge is 0.382 e. The van der Waals surface area contributed by atoms with E-state index in [1.54, 1.807) is 15.6 Å². The maximum Gasteiger partial charge on any atom is 0.504 e. The van der Waals surface area contributed by atoms with Crippen molar-refractivity contribution < 1.29 is 18.4 Å². The van der Waals surface area contributed by atoms with Gasteiger partial charge in [-0.3, -0.25) is 4.57 Å². The van der Waals surface area contributed by atoms with Crippen molar-refractivity contribution in [2.75, 3.05) is 32.1 Å². The van der Waals surface area contributed by atoms with Crippen molar-refractivity contribution >= 4 is 33.6 Å². The van der Waals surface area contributed by atoms with Crippen LogP contribution in [0, 0.1) is 0 Å². The molecule has 1 aliphatic heterocycles. The van der Waals surface area contributed by atoms with Gasteiger partial charge in [0.2, 0.25) is 0 Å². The van der Waals surface area contributed by atoms with E-state index in [1.807, 2.05) is 0 Å². The quantitative estimate of drug-likeness (QED) is 0.777. The average Bonchev–Trinajstić information content (AvgIpc) is 2.98. The van der Waals surface area contributed by atoms with Crippen molar-refractivity contribution in [3.63, 3.8) is 0 Å². The minimum absolute atomic E-state index is 0.160. The van der Waals surface area contributed by atoms with Gasteiger partial charge in [-0.25, -0.2) is 15.0 Å². The van der Waals surface area contributed by atoms with Crippen molar-refractivity contribution in [2.24, 2.45) is 0 Å². The molecule has 2 aromatic heterocycles. The third kappa shape index (κ3) is 3.52. The first-order valence-corrected chi connectivity index (χ1v) is 9.31. The normalized spacial score (nSPS) is 23.4. The summed E-state index contributed by atoms with van der Waals surface area (Å²) < 4.78 is 37.0. The summed E-state index contributed by atoms with van der Waals surface area (Å²) in [6.07, 6.45) is 2.11. The molecule has 0 amide bonds. The van der Waals surface area contributed by atoms with Crippen LogP contribution in [0.1, 0.15) is 6.23 Å². The van der Waals surface area contributed by atoms with E-state index in [9.17, 15) is 9.13 Å². The van der Waals surface area contributed by atoms with Gasteiger partial charge in [0.05, 0.1) is 19.4 Å². The van der Waals surface area contributed by atoms with Crippen LogP contribution in [0.3, 0.4) is 0 Å². The zero-order valence-electron chi connectivity index (χ0n) is 12.3. The lowest BCUT2D eigenvalue weighted by atomic mass is 10.3. The molecule has 0 aromatic carbocycles. The van der Waals surface area contributed by atoms with E-state index in [-0.39, 0.29) is 18.5 Å². The van der Waals surface area contributed by atoms with Gasteiger partial charge < -0.3 is 10.5 Å². The number of fused-ring (bicyclic) bond motifs is 1. The van der Waals surface area contributed by atoms with Gasteiger partial charge in [0.25, 0.3) is 0 Å². The maximum atomic E-state index is 11.3. The van der Waals surface area contributed by atoms with E-state index in [4.69, 9.17) is 15.0 Å². The number of morpholine rings is 1. The largest absolute Gasteiger partial charge is 0.504 e. The fourth-order valence-corrected chi connectivity index (χ4v) is 3.29. The molecule has 0 saturated carbocycles. The van der Waals surface area contributed by atoms with Crippen molar-refractivity contribution in [1.29, 1.82) is 0 Å². The van der Waals surface area contributed by atoms with Crippen LogP contribution in [0.25, 0.3) is 11.2 Å². The van der Waals surface area contributed by atoms with E-state index in [0.717, 1.165) is 0 Å². The molecule has 1 fully saturated rings. The van der Waals surface area contributed by atoms with Crippen molar-refractivity contribution in [2.45, 2.75) is 12.3 Å². The molecule has 10 nitrogen and oxygen atoms in total. The summed E-state index contributed by atoms with van der Waals surface area (Å²) in [5.74, 6) is 0.287. The third-order valence-corrected chi connectivity index (χ3v) is 4.55. The fraction of sp³-hybridized carbons (Fsp3) is 0.545. The molecule has 0 aliphatic carbocycles. The maximum absolute atomic E-state index is 11.3. The summed E-state index contributed by atoms with van der Waals surface area (Å²) in [5, 5.41) is 0. The molecule has 4 atom stereocenters. The van der Waals surface area contributed by atoms with Gasteiger partial charge in [-0.15, -0.1) is 4.52 Å². The lowest BCUT2D eigenvalue weighted by molar-refractivity contribution is -0.110. The Labute approximate surface area is 134 Å². The summed E-state index contributed by atoms with van der Waals surface area (Å²) in [6.45, 7) is 2.48. The van der Waals surface area contributed by atoms with Crippen molar-refractivity contribution in [3.8, 4) is 0 Å². The molecular formula is C11H16N6O4P2+2. The first-order valence-electron chi connectivity index (χ1n) is 6.83. The Morgan fingerprint density at radius 2 is 2.30 bits per heavy atom. The van der Waals surface area contributed by atoms with Gasteiger partial charge in [-0.1, -0.05) is 9.24 Å². The van der Waals surface area contributed by atoms with Crippen LogP contribution in [0.2, 0.25) is 0 Å². The number of hydrogen-bond acceptors (Lipinski definition) is 8. The molecule has 1 aliphatic rings. The van der Waals surface area contributed by atoms with E-state index >= 15 is 0 Å². The summed E-state index contributed by atoms with van der Waals surface area (Å²) in [5.41, 5.74) is 6.81. The number of rotatable bonds is 5. The molecule has 23 heavy (non-hydrogen) atoms. The van der Waals surface area contributed by atoms with Crippen LogP contribution in [0.5, 0.6) is 0 Å². The first-order chi connectivity index (χ1) is 11.1. The van der Waals surface area contributed by atoms with Gasteiger partial charge in [0.15, 0.2) is 24.4 Å². The molecule has 122 valence electrons. The minimum Gasteiger partial charge on any atom is -0.382 e. The number of aromatic nitrogens is 4. The van der Waals surface area contributed by atoms with E-state index in [2.05, 4.69) is 15.0 Å². The fourth-order valence-electron chi connectivity index (χ4n) is 2.41. The van der Waals surface area contributed by atoms with Crippen LogP contribution in [-0.2, 0) is 18.4 Å². The first kappa shape index (κ1) is 16.3. The Balaban J connectivity index is 1.85. The second-order valence-corrected chi connectivity index (χ2v) is 6.98. The SMILES string of the molecule is C[P+](=O)OCC1CN([PH+]=O)CC(n2cnc3c(N)ncnc32)O1. The highest BCUT2D eigenvalue weighted by Gasteiger charge is 2.35. The summed E-state index contributed by atoms with van der Waals surface area (Å²) >= 11 is 0. The molecule has 4 unspecified atom stereocenters. The number of anilines is 1. The predicted molar refractivity (Wildman–Crippen MR) is 83.7 cm³/mol. The molecule has 2 N–H and O–H groups in total. The molecule has 3 heterocycles. The number of hydrogen-bond donors (Lipinski definition) is 1. The summed E-state index contributed by atoms with van der Waals surface area (Å²) in [7, 11) is -2.33. The molecule has 0 bridgehead atoms. The topological polar surface area (TPSA) is 125 Å². The van der Waals surface area contributed by atoms with Crippen LogP contribution in [-0.4, -0.2) is 56.7 Å². The Morgan fingerprint density at radius 3 is 3.04 bits per heavy atom. The number of ether oxygens (including phenoxy) is 1. The van der Waals surface area contributed by atoms with Crippen LogP contribution in [0.4, 0.5) is 5.82 Å². The highest BCUT2D eigenvalue weighted by molar-refractivity contribution is 7.38. The van der Waals surface area contributed by atoms with Crippen molar-refractivity contribution in [1.82, 2.24) is 24.2 Å². The van der Waals surface area contributed by atoms with Gasteiger partial charge in [-0.05, 0) is 4.57 Å². The Hall–Kier alpha value is -1.57. The standard InChI is InChI=1S/C11H15N6O4P2/c1-23(19)20-4-7-2-16(22-18)3-8(21-7)17-6-15-9-10(12)13-5-14-11(9)17/h5-8H,2-4H2,1H3,(H2,12,13,14)/q+1/p+1. The molecule has 12 heteroatoms. The lowest BCUT2D eigenvalue weighted by Gasteiger charge is -2.31. The summed E-state index contributed by atoms with van der Waals surface area (Å²) in [6, 6.07) is 0. The summed E-state index contributed by atoms with van der Waals surface area (Å²) in [4.78, 5) is 12.3. The second kappa shape index (κ2) is 6.90. The van der Waals surface area contributed by atoms with E-state index in [1.165, 1.54) is 13.0 Å². The van der Waals surface area contributed by atoms with Gasteiger partial charge in [0, 0.05) is 0 Å². The molecule has 0 spiro atoms. The van der Waals surface area contributed by atoms with Gasteiger partial charge in [-0.2, -0.15) is 0 Å². The molecule has 3 rings (SSSR count). The molecule has 0 radical (unpaired) electrons. The lowest BCUT2D eigenvalue weighted by Crippen LogP contribution is -2.43. The average molecular weight is 358 g/mol. The number of nitrogens with zero attached hydrogens (tertiary/aromatic N) is 5. The molecular weight excluding hydrogens is 342 g/mol. The highest BCUT2D eigenvalue weighted by Crippen LogP contribution is 2.28. The van der Waals surface area contributed by atoms with Gasteiger partial charge >= 0.3 is 16.6 Å². The second-order valence-electron chi connectivity index (χ2n) is 5.03. The van der Waals surface area contributed by atoms with Crippen molar-refractivity contribution in [3.05, 3.63) is 12.7 Å². The predicted octanol–water partition coefficient (Wildman–Crippen LogP) is 0.936. The molecule has 1 saturated heterocycles. The van der Waals surface area contributed by atoms with E-state index < -0.39 is 22.9 Å². The van der Waals surface area contributed by atoms with Crippen LogP contribution in [0.15, 0.2) is 12.7 Å². The van der Waals surface area contributed by atoms with Gasteiger partial charge in [0.1, 0.15) is 24.6 Å². The number of nitrogen functional groups attached to an aromatic ring is 1.